The van der Waals surface area contributed by atoms with Crippen molar-refractivity contribution in [2.45, 2.75) is 37.3 Å². The second kappa shape index (κ2) is 8.95. The topological polar surface area (TPSA) is 134 Å². The SMILES string of the molecule is CC(C)c1ccc(OCc2nnc(SCc3nc(N)nc(N(C)C)n3)n2N)cc1. The molecule has 0 aliphatic carbocycles. The third kappa shape index (κ3) is 5.25. The predicted octanol–water partition coefficient (Wildman–Crippen LogP) is 1.82. The van der Waals surface area contributed by atoms with Crippen LogP contribution in [0.3, 0.4) is 0 Å². The van der Waals surface area contributed by atoms with E-state index < -0.39 is 0 Å². The highest BCUT2D eigenvalue weighted by molar-refractivity contribution is 7.98. The van der Waals surface area contributed by atoms with Crippen molar-refractivity contribution in [3.8, 4) is 5.75 Å². The van der Waals surface area contributed by atoms with Gasteiger partial charge >= 0.3 is 0 Å². The average molecular weight is 416 g/mol. The van der Waals surface area contributed by atoms with Gasteiger partial charge in [-0.1, -0.05) is 37.7 Å². The van der Waals surface area contributed by atoms with Crippen LogP contribution >= 0.6 is 11.8 Å². The van der Waals surface area contributed by atoms with E-state index in [1.54, 1.807) is 4.90 Å². The lowest BCUT2D eigenvalue weighted by atomic mass is 10.0. The quantitative estimate of drug-likeness (QED) is 0.414. The first-order valence-corrected chi connectivity index (χ1v) is 10.0. The van der Waals surface area contributed by atoms with E-state index in [0.29, 0.717) is 34.4 Å². The van der Waals surface area contributed by atoms with Crippen LogP contribution in [0.25, 0.3) is 0 Å². The molecular weight excluding hydrogens is 390 g/mol. The number of ether oxygens (including phenoxy) is 1. The molecule has 0 bridgehead atoms. The summed E-state index contributed by atoms with van der Waals surface area (Å²) in [4.78, 5) is 14.3. The maximum Gasteiger partial charge on any atom is 0.229 e. The molecule has 1 aromatic carbocycles. The van der Waals surface area contributed by atoms with Crippen molar-refractivity contribution in [1.82, 2.24) is 29.8 Å². The van der Waals surface area contributed by atoms with Gasteiger partial charge in [-0.15, -0.1) is 10.2 Å². The van der Waals surface area contributed by atoms with Gasteiger partial charge in [-0.05, 0) is 23.6 Å². The van der Waals surface area contributed by atoms with E-state index in [4.69, 9.17) is 16.3 Å². The molecule has 2 aromatic heterocycles. The van der Waals surface area contributed by atoms with Gasteiger partial charge in [-0.25, -0.2) is 4.68 Å². The van der Waals surface area contributed by atoms with Crippen LogP contribution in [0, 0.1) is 0 Å². The lowest BCUT2D eigenvalue weighted by Crippen LogP contribution is -2.17. The van der Waals surface area contributed by atoms with E-state index in [-0.39, 0.29) is 12.6 Å². The van der Waals surface area contributed by atoms with Crippen LogP contribution in [0.4, 0.5) is 11.9 Å². The highest BCUT2D eigenvalue weighted by Crippen LogP contribution is 2.22. The van der Waals surface area contributed by atoms with E-state index in [2.05, 4.69) is 51.1 Å². The highest BCUT2D eigenvalue weighted by atomic mass is 32.2. The summed E-state index contributed by atoms with van der Waals surface area (Å²) in [6.45, 7) is 4.52. The monoisotopic (exact) mass is 415 g/mol. The summed E-state index contributed by atoms with van der Waals surface area (Å²) in [5, 5.41) is 8.76. The van der Waals surface area contributed by atoms with Crippen LogP contribution in [-0.4, -0.2) is 43.9 Å². The van der Waals surface area contributed by atoms with Crippen molar-refractivity contribution in [3.05, 3.63) is 41.5 Å². The summed E-state index contributed by atoms with van der Waals surface area (Å²) in [5.74, 6) is 9.50. The first-order valence-electron chi connectivity index (χ1n) is 9.06. The number of nitrogens with zero attached hydrogens (tertiary/aromatic N) is 7. The predicted molar refractivity (Wildman–Crippen MR) is 113 cm³/mol. The normalized spacial score (nSPS) is 11.1. The zero-order chi connectivity index (χ0) is 21.0. The number of rotatable bonds is 8. The lowest BCUT2D eigenvalue weighted by Gasteiger charge is -2.11. The fourth-order valence-electron chi connectivity index (χ4n) is 2.42. The Morgan fingerprint density at radius 1 is 1.10 bits per heavy atom. The van der Waals surface area contributed by atoms with Crippen LogP contribution in [0.1, 0.15) is 37.0 Å². The number of nitrogen functional groups attached to an aromatic ring is 2. The van der Waals surface area contributed by atoms with E-state index in [1.807, 2.05) is 26.2 Å². The largest absolute Gasteiger partial charge is 0.486 e. The maximum absolute atomic E-state index is 6.11. The number of anilines is 2. The Morgan fingerprint density at radius 3 is 2.48 bits per heavy atom. The van der Waals surface area contributed by atoms with Gasteiger partial charge < -0.3 is 21.2 Å². The van der Waals surface area contributed by atoms with Gasteiger partial charge in [0.15, 0.2) is 5.82 Å². The molecule has 0 atom stereocenters. The third-order valence-corrected chi connectivity index (χ3v) is 5.01. The summed E-state index contributed by atoms with van der Waals surface area (Å²) < 4.78 is 7.18. The molecule has 0 saturated heterocycles. The van der Waals surface area contributed by atoms with Crippen molar-refractivity contribution >= 4 is 23.7 Å². The van der Waals surface area contributed by atoms with Gasteiger partial charge in [0.25, 0.3) is 0 Å². The van der Waals surface area contributed by atoms with E-state index in [1.165, 1.54) is 22.0 Å². The minimum absolute atomic E-state index is 0.172. The molecule has 0 amide bonds. The Bertz CT molecular complexity index is 956. The molecule has 11 heteroatoms. The van der Waals surface area contributed by atoms with Crippen molar-refractivity contribution in [2.24, 2.45) is 0 Å². The number of nitrogens with two attached hydrogens (primary N) is 2. The lowest BCUT2D eigenvalue weighted by molar-refractivity contribution is 0.291. The minimum Gasteiger partial charge on any atom is -0.486 e. The van der Waals surface area contributed by atoms with Gasteiger partial charge in [0.2, 0.25) is 17.1 Å². The van der Waals surface area contributed by atoms with Crippen LogP contribution in [-0.2, 0) is 12.4 Å². The number of thioether (sulfide) groups is 1. The van der Waals surface area contributed by atoms with E-state index >= 15 is 0 Å². The molecule has 0 fully saturated rings. The summed E-state index contributed by atoms with van der Waals surface area (Å²) in [7, 11) is 3.68. The van der Waals surface area contributed by atoms with Crippen LogP contribution < -0.4 is 21.2 Å². The number of hydrogen-bond donors (Lipinski definition) is 2. The molecule has 2 heterocycles. The summed E-state index contributed by atoms with van der Waals surface area (Å²) in [6.07, 6.45) is 0. The molecule has 0 aliphatic heterocycles. The van der Waals surface area contributed by atoms with Gasteiger partial charge in [0.05, 0.1) is 5.75 Å². The second-order valence-corrected chi connectivity index (χ2v) is 7.82. The van der Waals surface area contributed by atoms with Crippen LogP contribution in [0.2, 0.25) is 0 Å². The standard InChI is InChI=1S/C18H25N9OS/c1-11(2)12-5-7-13(8-6-12)28-9-15-24-25-18(27(15)20)29-10-14-21-16(19)23-17(22-14)26(3)4/h5-8,11H,9-10,20H2,1-4H3,(H2,19,21,22,23). The van der Waals surface area contributed by atoms with Gasteiger partial charge in [-0.2, -0.15) is 15.0 Å². The van der Waals surface area contributed by atoms with Crippen molar-refractivity contribution in [1.29, 1.82) is 0 Å². The zero-order valence-corrected chi connectivity index (χ0v) is 17.7. The molecule has 0 unspecified atom stereocenters. The van der Waals surface area contributed by atoms with Crippen molar-refractivity contribution < 1.29 is 4.74 Å². The molecule has 4 N–H and O–H groups in total. The molecule has 3 rings (SSSR count). The highest BCUT2D eigenvalue weighted by Gasteiger charge is 2.13. The second-order valence-electron chi connectivity index (χ2n) is 6.87. The molecule has 0 radical (unpaired) electrons. The van der Waals surface area contributed by atoms with Crippen LogP contribution in [0.5, 0.6) is 5.75 Å². The van der Waals surface area contributed by atoms with Crippen molar-refractivity contribution in [2.75, 3.05) is 30.6 Å². The smallest absolute Gasteiger partial charge is 0.229 e. The number of aromatic nitrogens is 6. The third-order valence-electron chi connectivity index (χ3n) is 4.07. The molecule has 0 aliphatic rings. The molecule has 3 aromatic rings. The molecule has 154 valence electrons. The number of benzene rings is 1. The Labute approximate surface area is 173 Å². The number of hydrogen-bond acceptors (Lipinski definition) is 10. The Balaban J connectivity index is 1.61. The zero-order valence-electron chi connectivity index (χ0n) is 16.9. The average Bonchev–Trinajstić information content (AvgIpc) is 3.04. The molecule has 29 heavy (non-hydrogen) atoms. The fraction of sp³-hybridized carbons (Fsp3) is 0.389. The minimum atomic E-state index is 0.172. The maximum atomic E-state index is 6.11. The summed E-state index contributed by atoms with van der Waals surface area (Å²) in [6, 6.07) is 7.99. The molecule has 10 nitrogen and oxygen atoms in total. The Morgan fingerprint density at radius 2 is 1.83 bits per heavy atom. The van der Waals surface area contributed by atoms with E-state index in [0.717, 1.165) is 5.75 Å². The summed E-state index contributed by atoms with van der Waals surface area (Å²) >= 11 is 1.36. The Kier molecular flexibility index (Phi) is 6.37. The van der Waals surface area contributed by atoms with Crippen molar-refractivity contribution in [3.63, 3.8) is 0 Å². The van der Waals surface area contributed by atoms with E-state index in [9.17, 15) is 0 Å². The Hall–Kier alpha value is -3.08. The van der Waals surface area contributed by atoms with Gasteiger partial charge in [0, 0.05) is 14.1 Å². The van der Waals surface area contributed by atoms with Gasteiger partial charge in [0.1, 0.15) is 18.2 Å². The summed E-state index contributed by atoms with van der Waals surface area (Å²) in [5.41, 5.74) is 7.01. The first kappa shape index (κ1) is 20.6. The fourth-order valence-corrected chi connectivity index (χ4v) is 3.15. The van der Waals surface area contributed by atoms with Crippen LogP contribution in [0.15, 0.2) is 29.4 Å². The molecule has 0 saturated carbocycles. The molecule has 0 spiro atoms. The first-order chi connectivity index (χ1) is 13.8. The van der Waals surface area contributed by atoms with Gasteiger partial charge in [-0.3, -0.25) is 0 Å². The molecular formula is C18H25N9OS.